The summed E-state index contributed by atoms with van der Waals surface area (Å²) < 4.78 is 18.2. The van der Waals surface area contributed by atoms with Gasteiger partial charge in [0.15, 0.2) is 0 Å². The van der Waals surface area contributed by atoms with Gasteiger partial charge < -0.3 is 9.64 Å². The first-order valence-corrected chi connectivity index (χ1v) is 9.00. The van der Waals surface area contributed by atoms with Gasteiger partial charge in [0.2, 0.25) is 0 Å². The second-order valence-electron chi connectivity index (χ2n) is 5.91. The van der Waals surface area contributed by atoms with Crippen LogP contribution in [0, 0.1) is 5.82 Å². The van der Waals surface area contributed by atoms with Gasteiger partial charge in [-0.15, -0.1) is 11.3 Å². The lowest BCUT2D eigenvalue weighted by Gasteiger charge is -2.24. The highest BCUT2D eigenvalue weighted by atomic mass is 32.1. The number of aromatic nitrogens is 1. The summed E-state index contributed by atoms with van der Waals surface area (Å²) in [6.07, 6.45) is 0. The van der Waals surface area contributed by atoms with Crippen molar-refractivity contribution in [2.45, 2.75) is 13.0 Å². The largest absolute Gasteiger partial charge is 0.497 e. The SMILES string of the molecule is COc1ccc(C(C)N(C)C(=O)c2csc(-c3ccc(F)cc3)n2)cc1. The molecule has 6 heteroatoms. The highest BCUT2D eigenvalue weighted by molar-refractivity contribution is 7.13. The molecule has 0 spiro atoms. The summed E-state index contributed by atoms with van der Waals surface area (Å²) in [6, 6.07) is 13.6. The van der Waals surface area contributed by atoms with Crippen LogP contribution in [0.1, 0.15) is 29.0 Å². The number of halogens is 1. The van der Waals surface area contributed by atoms with Gasteiger partial charge in [-0.3, -0.25) is 4.79 Å². The number of hydrogen-bond acceptors (Lipinski definition) is 4. The number of benzene rings is 2. The number of carbonyl (C=O) groups is 1. The summed E-state index contributed by atoms with van der Waals surface area (Å²) in [6.45, 7) is 1.97. The second-order valence-corrected chi connectivity index (χ2v) is 6.77. The molecule has 1 atom stereocenters. The van der Waals surface area contributed by atoms with Gasteiger partial charge in [-0.2, -0.15) is 0 Å². The fourth-order valence-electron chi connectivity index (χ4n) is 2.56. The Bertz CT molecular complexity index is 891. The van der Waals surface area contributed by atoms with Crippen molar-refractivity contribution in [1.29, 1.82) is 0 Å². The lowest BCUT2D eigenvalue weighted by Crippen LogP contribution is -2.29. The molecule has 0 N–H and O–H groups in total. The van der Waals surface area contributed by atoms with E-state index in [-0.39, 0.29) is 17.8 Å². The Balaban J connectivity index is 1.76. The van der Waals surface area contributed by atoms with Crippen LogP contribution in [-0.4, -0.2) is 29.9 Å². The molecule has 1 amide bonds. The van der Waals surface area contributed by atoms with Crippen LogP contribution < -0.4 is 4.74 Å². The first-order chi connectivity index (χ1) is 12.5. The molecule has 4 nitrogen and oxygen atoms in total. The fraction of sp³-hybridized carbons (Fsp3) is 0.200. The van der Waals surface area contributed by atoms with Gasteiger partial charge >= 0.3 is 0 Å². The van der Waals surface area contributed by atoms with E-state index in [2.05, 4.69) is 4.98 Å². The Labute approximate surface area is 155 Å². The quantitative estimate of drug-likeness (QED) is 0.648. The van der Waals surface area contributed by atoms with E-state index in [0.29, 0.717) is 10.7 Å². The first kappa shape index (κ1) is 18.1. The van der Waals surface area contributed by atoms with Crippen molar-refractivity contribution in [3.63, 3.8) is 0 Å². The van der Waals surface area contributed by atoms with Gasteiger partial charge in [-0.1, -0.05) is 12.1 Å². The van der Waals surface area contributed by atoms with Crippen LogP contribution in [0.25, 0.3) is 10.6 Å². The first-order valence-electron chi connectivity index (χ1n) is 8.12. The van der Waals surface area contributed by atoms with Crippen LogP contribution in [0.5, 0.6) is 5.75 Å². The van der Waals surface area contributed by atoms with Crippen molar-refractivity contribution < 1.29 is 13.9 Å². The summed E-state index contributed by atoms with van der Waals surface area (Å²) in [5, 5.41) is 2.43. The molecule has 2 aromatic carbocycles. The molecule has 26 heavy (non-hydrogen) atoms. The van der Waals surface area contributed by atoms with E-state index >= 15 is 0 Å². The van der Waals surface area contributed by atoms with Crippen molar-refractivity contribution in [1.82, 2.24) is 9.88 Å². The molecule has 3 aromatic rings. The summed E-state index contributed by atoms with van der Waals surface area (Å²) >= 11 is 1.37. The van der Waals surface area contributed by atoms with Gasteiger partial charge in [0.05, 0.1) is 13.2 Å². The monoisotopic (exact) mass is 370 g/mol. The van der Waals surface area contributed by atoms with Crippen molar-refractivity contribution >= 4 is 17.2 Å². The van der Waals surface area contributed by atoms with Gasteiger partial charge in [-0.25, -0.2) is 9.37 Å². The van der Waals surface area contributed by atoms with Crippen LogP contribution in [0.3, 0.4) is 0 Å². The fourth-order valence-corrected chi connectivity index (χ4v) is 3.36. The normalized spacial score (nSPS) is 11.8. The van der Waals surface area contributed by atoms with E-state index in [1.165, 1.54) is 23.5 Å². The molecule has 1 heterocycles. The molecule has 0 bridgehead atoms. The number of methoxy groups -OCH3 is 1. The summed E-state index contributed by atoms with van der Waals surface area (Å²) in [7, 11) is 3.38. The Morgan fingerprint density at radius 1 is 1.15 bits per heavy atom. The minimum atomic E-state index is -0.297. The lowest BCUT2D eigenvalue weighted by molar-refractivity contribution is 0.0737. The molecule has 0 aliphatic heterocycles. The smallest absolute Gasteiger partial charge is 0.273 e. The van der Waals surface area contributed by atoms with Crippen LogP contribution in [0.4, 0.5) is 4.39 Å². The number of amides is 1. The predicted molar refractivity (Wildman–Crippen MR) is 101 cm³/mol. The minimum absolute atomic E-state index is 0.107. The molecule has 134 valence electrons. The molecule has 0 saturated heterocycles. The third-order valence-corrected chi connectivity index (χ3v) is 5.21. The van der Waals surface area contributed by atoms with Gasteiger partial charge in [0.1, 0.15) is 22.3 Å². The van der Waals surface area contributed by atoms with Crippen molar-refractivity contribution in [3.8, 4) is 16.3 Å². The molecule has 1 unspecified atom stereocenters. The Morgan fingerprint density at radius 2 is 1.81 bits per heavy atom. The van der Waals surface area contributed by atoms with E-state index in [9.17, 15) is 9.18 Å². The maximum absolute atomic E-state index is 13.1. The van der Waals surface area contributed by atoms with E-state index in [0.717, 1.165) is 16.9 Å². The maximum Gasteiger partial charge on any atom is 0.273 e. The van der Waals surface area contributed by atoms with Crippen LogP contribution in [-0.2, 0) is 0 Å². The van der Waals surface area contributed by atoms with Gasteiger partial charge in [-0.05, 0) is 48.9 Å². The average molecular weight is 370 g/mol. The molecule has 1 aromatic heterocycles. The minimum Gasteiger partial charge on any atom is -0.497 e. The molecular formula is C20H19FN2O2S. The number of nitrogens with zero attached hydrogens (tertiary/aromatic N) is 2. The molecule has 3 rings (SSSR count). The van der Waals surface area contributed by atoms with Crippen molar-refractivity contribution in [3.05, 3.63) is 71.0 Å². The molecular weight excluding hydrogens is 351 g/mol. The number of thiazole rings is 1. The maximum atomic E-state index is 13.1. The third kappa shape index (κ3) is 3.75. The standard InChI is InChI=1S/C20H19FN2O2S/c1-13(14-6-10-17(25-3)11-7-14)23(2)20(24)18-12-26-19(22-18)15-4-8-16(21)9-5-15/h4-13H,1-3H3. The number of ether oxygens (including phenoxy) is 1. The third-order valence-electron chi connectivity index (χ3n) is 4.31. The van der Waals surface area contributed by atoms with E-state index in [4.69, 9.17) is 4.74 Å². The molecule has 0 aliphatic carbocycles. The van der Waals surface area contributed by atoms with Crippen LogP contribution in [0.2, 0.25) is 0 Å². The Morgan fingerprint density at radius 3 is 2.42 bits per heavy atom. The lowest BCUT2D eigenvalue weighted by atomic mass is 10.1. The van der Waals surface area contributed by atoms with Crippen LogP contribution >= 0.6 is 11.3 Å². The zero-order valence-electron chi connectivity index (χ0n) is 14.8. The summed E-state index contributed by atoms with van der Waals surface area (Å²) in [5.74, 6) is 0.325. The zero-order chi connectivity index (χ0) is 18.7. The highest BCUT2D eigenvalue weighted by Gasteiger charge is 2.21. The van der Waals surface area contributed by atoms with E-state index in [1.54, 1.807) is 36.6 Å². The zero-order valence-corrected chi connectivity index (χ0v) is 15.6. The van der Waals surface area contributed by atoms with Crippen LogP contribution in [0.15, 0.2) is 53.9 Å². The molecule has 0 aliphatic rings. The summed E-state index contributed by atoms with van der Waals surface area (Å²) in [4.78, 5) is 18.8. The number of rotatable bonds is 5. The van der Waals surface area contributed by atoms with Crippen molar-refractivity contribution in [2.75, 3.05) is 14.2 Å². The number of carbonyl (C=O) groups excluding carboxylic acids is 1. The summed E-state index contributed by atoms with van der Waals surface area (Å²) in [5.41, 5.74) is 2.19. The molecule has 0 radical (unpaired) electrons. The van der Waals surface area contributed by atoms with Crippen molar-refractivity contribution in [2.24, 2.45) is 0 Å². The number of hydrogen-bond donors (Lipinski definition) is 0. The average Bonchev–Trinajstić information content (AvgIpc) is 3.17. The topological polar surface area (TPSA) is 42.4 Å². The Hall–Kier alpha value is -2.73. The second kappa shape index (κ2) is 7.66. The predicted octanol–water partition coefficient (Wildman–Crippen LogP) is 4.79. The van der Waals surface area contributed by atoms with Gasteiger partial charge in [0, 0.05) is 18.0 Å². The van der Waals surface area contributed by atoms with E-state index < -0.39 is 0 Å². The van der Waals surface area contributed by atoms with Gasteiger partial charge in [0.25, 0.3) is 5.91 Å². The molecule has 0 saturated carbocycles. The highest BCUT2D eigenvalue weighted by Crippen LogP contribution is 2.27. The molecule has 0 fully saturated rings. The Kier molecular flexibility index (Phi) is 5.32. The van der Waals surface area contributed by atoms with E-state index in [1.807, 2.05) is 31.2 Å².